The number of urea groups is 1. The fraction of sp³-hybridized carbons (Fsp3) is 0.895. The second-order valence-corrected chi connectivity index (χ2v) is 8.12. The minimum Gasteiger partial charge on any atom is -0.378 e. The number of carbonyl (C=O) groups excluding carboxylic acids is 2. The minimum atomic E-state index is -0.0509. The number of thioether (sulfide) groups is 1. The summed E-state index contributed by atoms with van der Waals surface area (Å²) in [6.45, 7) is 4.15. The molecule has 0 aliphatic carbocycles. The van der Waals surface area contributed by atoms with E-state index in [0.717, 1.165) is 25.0 Å². The van der Waals surface area contributed by atoms with Gasteiger partial charge in [-0.05, 0) is 12.8 Å². The molecular formula is C19H38N4O5S. The number of fused-ring (bicyclic) bond motifs is 1. The Morgan fingerprint density at radius 2 is 1.76 bits per heavy atom. The number of hydrogen-bond donors (Lipinski definition) is 4. The van der Waals surface area contributed by atoms with Gasteiger partial charge in [0, 0.05) is 30.5 Å². The Labute approximate surface area is 178 Å². The van der Waals surface area contributed by atoms with Crippen LogP contribution in [0.5, 0.6) is 0 Å². The lowest BCUT2D eigenvalue weighted by molar-refractivity contribution is -0.121. The van der Waals surface area contributed by atoms with E-state index in [-0.39, 0.29) is 31.4 Å². The van der Waals surface area contributed by atoms with E-state index in [1.807, 2.05) is 11.8 Å². The van der Waals surface area contributed by atoms with Crippen LogP contribution in [0.2, 0.25) is 0 Å². The van der Waals surface area contributed by atoms with Gasteiger partial charge in [0.15, 0.2) is 0 Å². The first-order valence-electron chi connectivity index (χ1n) is 10.1. The van der Waals surface area contributed by atoms with Gasteiger partial charge in [-0.1, -0.05) is 13.8 Å². The highest BCUT2D eigenvalue weighted by Crippen LogP contribution is 2.33. The molecule has 9 nitrogen and oxygen atoms in total. The average Bonchev–Trinajstić information content (AvgIpc) is 3.22. The maximum atomic E-state index is 11.8. The molecule has 0 spiro atoms. The van der Waals surface area contributed by atoms with Crippen LogP contribution in [0.4, 0.5) is 4.79 Å². The number of ether oxygens (including phenoxy) is 3. The Balaban J connectivity index is 0.00000420. The molecule has 0 aromatic carbocycles. The van der Waals surface area contributed by atoms with E-state index in [9.17, 15) is 9.59 Å². The molecule has 5 N–H and O–H groups in total. The molecule has 10 heteroatoms. The zero-order valence-corrected chi connectivity index (χ0v) is 17.3. The van der Waals surface area contributed by atoms with Crippen LogP contribution in [0.25, 0.3) is 0 Å². The standard InChI is InChI=1S/C18H34N4O5S.CH4/c19-5-7-25-9-11-27-12-10-26-8-6-20-16(23)4-2-1-3-15-17-14(13-28-15)21-18(24)22-17;/h14-15,17H,1-13,19H2,(H,20,23)(H2,21,22,24);1H4. The van der Waals surface area contributed by atoms with Crippen LogP contribution in [0.1, 0.15) is 33.1 Å². The number of carbonyl (C=O) groups is 2. The summed E-state index contributed by atoms with van der Waals surface area (Å²) in [5.41, 5.74) is 5.31. The minimum absolute atomic E-state index is 0. The van der Waals surface area contributed by atoms with E-state index >= 15 is 0 Å². The van der Waals surface area contributed by atoms with Gasteiger partial charge in [-0.2, -0.15) is 11.8 Å². The summed E-state index contributed by atoms with van der Waals surface area (Å²) in [6.07, 6.45) is 3.42. The van der Waals surface area contributed by atoms with Crippen molar-refractivity contribution >= 4 is 23.7 Å². The Hall–Kier alpha value is -1.07. The monoisotopic (exact) mass is 434 g/mol. The number of nitrogens with one attached hydrogen (secondary N) is 3. The van der Waals surface area contributed by atoms with Crippen LogP contribution >= 0.6 is 11.8 Å². The van der Waals surface area contributed by atoms with Gasteiger partial charge in [-0.15, -0.1) is 0 Å². The summed E-state index contributed by atoms with van der Waals surface area (Å²) in [5, 5.41) is 9.26. The number of hydrogen-bond acceptors (Lipinski definition) is 7. The van der Waals surface area contributed by atoms with Crippen LogP contribution in [-0.4, -0.2) is 87.8 Å². The second kappa shape index (κ2) is 15.7. The molecule has 2 fully saturated rings. The molecule has 3 amide bonds. The lowest BCUT2D eigenvalue weighted by Crippen LogP contribution is -2.36. The molecule has 0 bridgehead atoms. The van der Waals surface area contributed by atoms with Crippen LogP contribution in [0.3, 0.4) is 0 Å². The highest BCUT2D eigenvalue weighted by molar-refractivity contribution is 8.00. The molecule has 0 aromatic rings. The van der Waals surface area contributed by atoms with Gasteiger partial charge >= 0.3 is 6.03 Å². The van der Waals surface area contributed by atoms with E-state index in [1.54, 1.807) is 0 Å². The molecule has 0 saturated carbocycles. The Morgan fingerprint density at radius 1 is 1.07 bits per heavy atom. The van der Waals surface area contributed by atoms with Gasteiger partial charge in [0.25, 0.3) is 0 Å². The number of nitrogens with two attached hydrogens (primary N) is 1. The van der Waals surface area contributed by atoms with Crippen LogP contribution in [0, 0.1) is 0 Å². The molecule has 29 heavy (non-hydrogen) atoms. The van der Waals surface area contributed by atoms with Crippen LogP contribution < -0.4 is 21.7 Å². The van der Waals surface area contributed by atoms with Crippen molar-refractivity contribution in [1.29, 1.82) is 0 Å². The van der Waals surface area contributed by atoms with Gasteiger partial charge in [0.1, 0.15) is 0 Å². The molecule has 0 aromatic heterocycles. The molecule has 0 radical (unpaired) electrons. The third-order valence-corrected chi connectivity index (χ3v) is 6.16. The van der Waals surface area contributed by atoms with Gasteiger partial charge in [0.2, 0.25) is 5.91 Å². The highest BCUT2D eigenvalue weighted by Gasteiger charge is 2.42. The zero-order valence-electron chi connectivity index (χ0n) is 16.5. The van der Waals surface area contributed by atoms with Crippen molar-refractivity contribution in [2.75, 3.05) is 58.5 Å². The molecule has 3 unspecified atom stereocenters. The molecule has 3 atom stereocenters. The van der Waals surface area contributed by atoms with Crippen molar-refractivity contribution in [1.82, 2.24) is 16.0 Å². The molecule has 2 aliphatic rings. The third-order valence-electron chi connectivity index (χ3n) is 4.66. The number of unbranched alkanes of at least 4 members (excludes halogenated alkanes) is 1. The summed E-state index contributed by atoms with van der Waals surface area (Å²) < 4.78 is 15.9. The van der Waals surface area contributed by atoms with E-state index in [4.69, 9.17) is 19.9 Å². The van der Waals surface area contributed by atoms with Gasteiger partial charge in [-0.25, -0.2) is 4.79 Å². The van der Waals surface area contributed by atoms with Crippen molar-refractivity contribution in [3.05, 3.63) is 0 Å². The van der Waals surface area contributed by atoms with Gasteiger partial charge in [0.05, 0.1) is 51.7 Å². The SMILES string of the molecule is C.NCCOCCOCCOCCNC(=O)CCCCC1SCC2NC(=O)NC21. The molecular weight excluding hydrogens is 396 g/mol. The summed E-state index contributed by atoms with van der Waals surface area (Å²) in [7, 11) is 0. The molecule has 2 aliphatic heterocycles. The highest BCUT2D eigenvalue weighted by atomic mass is 32.2. The topological polar surface area (TPSA) is 124 Å². The Bertz CT molecular complexity index is 472. The first-order valence-corrected chi connectivity index (χ1v) is 11.1. The van der Waals surface area contributed by atoms with Crippen molar-refractivity contribution < 1.29 is 23.8 Å². The normalized spacial score (nSPS) is 22.5. The fourth-order valence-electron chi connectivity index (χ4n) is 3.25. The van der Waals surface area contributed by atoms with Crippen molar-refractivity contribution in [3.8, 4) is 0 Å². The average molecular weight is 435 g/mol. The molecule has 2 heterocycles. The van der Waals surface area contributed by atoms with Crippen molar-refractivity contribution in [2.24, 2.45) is 5.73 Å². The summed E-state index contributed by atoms with van der Waals surface area (Å²) in [6, 6.07) is 0.455. The molecule has 170 valence electrons. The van der Waals surface area contributed by atoms with Crippen LogP contribution in [0.15, 0.2) is 0 Å². The first kappa shape index (κ1) is 26.0. The summed E-state index contributed by atoms with van der Waals surface area (Å²) in [5.74, 6) is 1.03. The van der Waals surface area contributed by atoms with Crippen molar-refractivity contribution in [2.45, 2.75) is 50.4 Å². The van der Waals surface area contributed by atoms with Crippen LogP contribution in [-0.2, 0) is 19.0 Å². The van der Waals surface area contributed by atoms with Gasteiger partial charge in [-0.3, -0.25) is 4.79 Å². The predicted octanol–water partition coefficient (Wildman–Crippen LogP) is 0.473. The maximum absolute atomic E-state index is 11.8. The molecule has 2 rings (SSSR count). The lowest BCUT2D eigenvalue weighted by Gasteiger charge is -2.16. The van der Waals surface area contributed by atoms with E-state index < -0.39 is 0 Å². The van der Waals surface area contributed by atoms with E-state index in [0.29, 0.717) is 64.4 Å². The number of rotatable bonds is 16. The second-order valence-electron chi connectivity index (χ2n) is 6.84. The number of amides is 3. The summed E-state index contributed by atoms with van der Waals surface area (Å²) in [4.78, 5) is 23.2. The maximum Gasteiger partial charge on any atom is 0.315 e. The predicted molar refractivity (Wildman–Crippen MR) is 115 cm³/mol. The Kier molecular flexibility index (Phi) is 14.1. The molecule has 2 saturated heterocycles. The van der Waals surface area contributed by atoms with E-state index in [2.05, 4.69) is 16.0 Å². The zero-order chi connectivity index (χ0) is 20.0. The van der Waals surface area contributed by atoms with Crippen molar-refractivity contribution in [3.63, 3.8) is 0 Å². The fourth-order valence-corrected chi connectivity index (χ4v) is 4.79. The largest absolute Gasteiger partial charge is 0.378 e. The Morgan fingerprint density at radius 3 is 2.48 bits per heavy atom. The van der Waals surface area contributed by atoms with Gasteiger partial charge < -0.3 is 35.9 Å². The third kappa shape index (κ3) is 10.5. The smallest absolute Gasteiger partial charge is 0.315 e. The quantitative estimate of drug-likeness (QED) is 0.206. The van der Waals surface area contributed by atoms with E-state index in [1.165, 1.54) is 0 Å². The first-order chi connectivity index (χ1) is 13.7. The summed E-state index contributed by atoms with van der Waals surface area (Å²) >= 11 is 1.91. The lowest BCUT2D eigenvalue weighted by atomic mass is 10.0.